The molecule has 0 aliphatic rings. The Morgan fingerprint density at radius 2 is 1.81 bits per heavy atom. The zero-order valence-corrected chi connectivity index (χ0v) is 11.1. The van der Waals surface area contributed by atoms with Crippen LogP contribution in [0.1, 0.15) is 17.2 Å². The van der Waals surface area contributed by atoms with Crippen molar-refractivity contribution in [1.82, 2.24) is 0 Å². The van der Waals surface area contributed by atoms with Crippen LogP contribution in [0, 0.1) is 6.92 Å². The van der Waals surface area contributed by atoms with Crippen molar-refractivity contribution in [3.8, 4) is 11.5 Å². The smallest absolute Gasteiger partial charge is 0.161 e. The van der Waals surface area contributed by atoms with Gasteiger partial charge in [-0.2, -0.15) is 11.8 Å². The standard InChI is InChI=1S/C12H19NO2S/c1-8-5-11(14-2)12(15-3)6-9(8)10(13)7-16-4/h5-6,10H,7,13H2,1-4H3. The van der Waals surface area contributed by atoms with E-state index in [0.29, 0.717) is 0 Å². The van der Waals surface area contributed by atoms with E-state index in [1.54, 1.807) is 26.0 Å². The predicted molar refractivity (Wildman–Crippen MR) is 69.6 cm³/mol. The Morgan fingerprint density at radius 1 is 1.25 bits per heavy atom. The monoisotopic (exact) mass is 241 g/mol. The Labute approximate surface area is 101 Å². The summed E-state index contributed by atoms with van der Waals surface area (Å²) < 4.78 is 10.5. The van der Waals surface area contributed by atoms with E-state index in [0.717, 1.165) is 28.4 Å². The van der Waals surface area contributed by atoms with Gasteiger partial charge in [-0.3, -0.25) is 0 Å². The average Bonchev–Trinajstić information content (AvgIpc) is 2.28. The second-order valence-electron chi connectivity index (χ2n) is 3.63. The third-order valence-corrected chi connectivity index (χ3v) is 3.21. The number of thioether (sulfide) groups is 1. The summed E-state index contributed by atoms with van der Waals surface area (Å²) in [4.78, 5) is 0. The van der Waals surface area contributed by atoms with E-state index in [4.69, 9.17) is 15.2 Å². The fraction of sp³-hybridized carbons (Fsp3) is 0.500. The van der Waals surface area contributed by atoms with Crippen LogP contribution >= 0.6 is 11.8 Å². The van der Waals surface area contributed by atoms with Crippen LogP contribution in [-0.2, 0) is 0 Å². The SMILES string of the molecule is COc1cc(C)c(C(N)CSC)cc1OC. The molecule has 0 heterocycles. The lowest BCUT2D eigenvalue weighted by molar-refractivity contribution is 0.354. The van der Waals surface area contributed by atoms with Gasteiger partial charge in [0.25, 0.3) is 0 Å². The first-order valence-corrected chi connectivity index (χ1v) is 6.50. The molecule has 16 heavy (non-hydrogen) atoms. The fourth-order valence-corrected chi connectivity index (χ4v) is 2.20. The van der Waals surface area contributed by atoms with Gasteiger partial charge in [0.1, 0.15) is 0 Å². The summed E-state index contributed by atoms with van der Waals surface area (Å²) in [6.45, 7) is 2.04. The van der Waals surface area contributed by atoms with Gasteiger partial charge in [-0.1, -0.05) is 0 Å². The molecule has 0 aromatic heterocycles. The van der Waals surface area contributed by atoms with Gasteiger partial charge in [0.15, 0.2) is 11.5 Å². The number of hydrogen-bond donors (Lipinski definition) is 1. The van der Waals surface area contributed by atoms with Crippen LogP contribution in [0.15, 0.2) is 12.1 Å². The molecule has 1 unspecified atom stereocenters. The molecule has 0 radical (unpaired) electrons. The summed E-state index contributed by atoms with van der Waals surface area (Å²) in [7, 11) is 3.27. The minimum absolute atomic E-state index is 0.0369. The van der Waals surface area contributed by atoms with Gasteiger partial charge >= 0.3 is 0 Å². The minimum atomic E-state index is 0.0369. The topological polar surface area (TPSA) is 44.5 Å². The van der Waals surface area contributed by atoms with Gasteiger partial charge in [-0.05, 0) is 36.4 Å². The molecule has 0 bridgehead atoms. The van der Waals surface area contributed by atoms with Crippen molar-refractivity contribution in [3.05, 3.63) is 23.3 Å². The number of methoxy groups -OCH3 is 2. The highest BCUT2D eigenvalue weighted by Gasteiger charge is 2.13. The molecule has 0 amide bonds. The molecule has 0 aliphatic heterocycles. The minimum Gasteiger partial charge on any atom is -0.493 e. The summed E-state index contributed by atoms with van der Waals surface area (Å²) >= 11 is 1.74. The Balaban J connectivity index is 3.10. The normalized spacial score (nSPS) is 12.3. The van der Waals surface area contributed by atoms with Gasteiger partial charge in [0.2, 0.25) is 0 Å². The summed E-state index contributed by atoms with van der Waals surface area (Å²) in [6, 6.07) is 3.97. The lowest BCUT2D eigenvalue weighted by Gasteiger charge is -2.17. The maximum absolute atomic E-state index is 6.10. The molecule has 1 aromatic carbocycles. The molecule has 0 fully saturated rings. The quantitative estimate of drug-likeness (QED) is 0.859. The molecule has 4 heteroatoms. The first kappa shape index (κ1) is 13.2. The molecule has 0 saturated carbocycles. The van der Waals surface area contributed by atoms with Crippen LogP contribution in [0.25, 0.3) is 0 Å². The Bertz CT molecular complexity index is 355. The van der Waals surface area contributed by atoms with E-state index in [1.165, 1.54) is 0 Å². The van der Waals surface area contributed by atoms with E-state index < -0.39 is 0 Å². The van der Waals surface area contributed by atoms with Crippen LogP contribution in [0.3, 0.4) is 0 Å². The lowest BCUT2D eigenvalue weighted by atomic mass is 10.0. The van der Waals surface area contributed by atoms with Crippen molar-refractivity contribution < 1.29 is 9.47 Å². The zero-order chi connectivity index (χ0) is 12.1. The van der Waals surface area contributed by atoms with Gasteiger partial charge in [-0.25, -0.2) is 0 Å². The van der Waals surface area contributed by atoms with Crippen LogP contribution < -0.4 is 15.2 Å². The number of aryl methyl sites for hydroxylation is 1. The maximum Gasteiger partial charge on any atom is 0.161 e. The van der Waals surface area contributed by atoms with E-state index in [-0.39, 0.29) is 6.04 Å². The molecule has 0 aliphatic carbocycles. The highest BCUT2D eigenvalue weighted by molar-refractivity contribution is 7.98. The van der Waals surface area contributed by atoms with Crippen LogP contribution in [0.2, 0.25) is 0 Å². The van der Waals surface area contributed by atoms with Crippen molar-refractivity contribution in [2.24, 2.45) is 5.73 Å². The van der Waals surface area contributed by atoms with Crippen molar-refractivity contribution >= 4 is 11.8 Å². The Hall–Kier alpha value is -0.870. The highest BCUT2D eigenvalue weighted by Crippen LogP contribution is 2.32. The van der Waals surface area contributed by atoms with Gasteiger partial charge in [0.05, 0.1) is 14.2 Å². The summed E-state index contributed by atoms with van der Waals surface area (Å²) in [5, 5.41) is 0. The molecule has 0 spiro atoms. The second-order valence-corrected chi connectivity index (χ2v) is 4.54. The number of rotatable bonds is 5. The molecule has 1 atom stereocenters. The van der Waals surface area contributed by atoms with Crippen LogP contribution in [0.4, 0.5) is 0 Å². The van der Waals surface area contributed by atoms with Crippen LogP contribution in [-0.4, -0.2) is 26.2 Å². The van der Waals surface area contributed by atoms with Crippen LogP contribution in [0.5, 0.6) is 11.5 Å². The molecular weight excluding hydrogens is 222 g/mol. The summed E-state index contributed by atoms with van der Waals surface area (Å²) in [5.41, 5.74) is 8.36. The third kappa shape index (κ3) is 2.83. The summed E-state index contributed by atoms with van der Waals surface area (Å²) in [6.07, 6.45) is 2.05. The maximum atomic E-state index is 6.10. The number of hydrogen-bond acceptors (Lipinski definition) is 4. The summed E-state index contributed by atoms with van der Waals surface area (Å²) in [5.74, 6) is 2.39. The van der Waals surface area contributed by atoms with E-state index in [9.17, 15) is 0 Å². The zero-order valence-electron chi connectivity index (χ0n) is 10.2. The van der Waals surface area contributed by atoms with Gasteiger partial charge in [-0.15, -0.1) is 0 Å². The third-order valence-electron chi connectivity index (χ3n) is 2.52. The molecule has 0 saturated heterocycles. The van der Waals surface area contributed by atoms with Crippen molar-refractivity contribution in [2.45, 2.75) is 13.0 Å². The van der Waals surface area contributed by atoms with Crippen molar-refractivity contribution in [2.75, 3.05) is 26.2 Å². The van der Waals surface area contributed by atoms with Crippen molar-refractivity contribution in [1.29, 1.82) is 0 Å². The molecular formula is C12H19NO2S. The van der Waals surface area contributed by atoms with Crippen molar-refractivity contribution in [3.63, 3.8) is 0 Å². The largest absolute Gasteiger partial charge is 0.493 e. The number of ether oxygens (including phenoxy) is 2. The van der Waals surface area contributed by atoms with E-state index in [1.807, 2.05) is 19.1 Å². The molecule has 1 aromatic rings. The second kappa shape index (κ2) is 6.01. The number of benzene rings is 1. The van der Waals surface area contributed by atoms with Gasteiger partial charge in [0, 0.05) is 11.8 Å². The first-order valence-electron chi connectivity index (χ1n) is 5.11. The molecule has 3 nitrogen and oxygen atoms in total. The Kier molecular flexibility index (Phi) is 4.96. The predicted octanol–water partition coefficient (Wildman–Crippen LogP) is 2.38. The Morgan fingerprint density at radius 3 is 2.31 bits per heavy atom. The fourth-order valence-electron chi connectivity index (χ4n) is 1.67. The molecule has 1 rings (SSSR count). The molecule has 90 valence electrons. The lowest BCUT2D eigenvalue weighted by Crippen LogP contribution is -2.14. The number of nitrogens with two attached hydrogens (primary N) is 1. The highest BCUT2D eigenvalue weighted by atomic mass is 32.2. The van der Waals surface area contributed by atoms with Gasteiger partial charge < -0.3 is 15.2 Å². The first-order chi connectivity index (χ1) is 7.63. The molecule has 2 N–H and O–H groups in total. The van der Waals surface area contributed by atoms with E-state index in [2.05, 4.69) is 6.26 Å². The van der Waals surface area contributed by atoms with E-state index >= 15 is 0 Å². The average molecular weight is 241 g/mol.